The Morgan fingerprint density at radius 2 is 2.06 bits per heavy atom. The van der Waals surface area contributed by atoms with Gasteiger partial charge in [-0.1, -0.05) is 0 Å². The molecular formula is C12H14N2O4. The van der Waals surface area contributed by atoms with Crippen LogP contribution in [-0.4, -0.2) is 32.9 Å². The third-order valence-corrected chi connectivity index (χ3v) is 2.81. The Hall–Kier alpha value is -1.98. The van der Waals surface area contributed by atoms with Crippen molar-refractivity contribution in [1.82, 2.24) is 9.97 Å². The van der Waals surface area contributed by atoms with Gasteiger partial charge in [-0.3, -0.25) is 4.79 Å². The zero-order chi connectivity index (χ0) is 13.1. The molecule has 0 aliphatic heterocycles. The molecule has 0 bridgehead atoms. The predicted octanol–water partition coefficient (Wildman–Crippen LogP) is 1.37. The number of hydrogen-bond donors (Lipinski definition) is 1. The van der Waals surface area contributed by atoms with Crippen molar-refractivity contribution in [3.05, 3.63) is 17.6 Å². The van der Waals surface area contributed by atoms with Gasteiger partial charge in [0.25, 0.3) is 0 Å². The molecule has 1 aromatic heterocycles. The van der Waals surface area contributed by atoms with Gasteiger partial charge in [-0.2, -0.15) is 4.98 Å². The Bertz CT molecular complexity index is 477. The van der Waals surface area contributed by atoms with Gasteiger partial charge in [0.2, 0.25) is 5.88 Å². The second-order valence-electron chi connectivity index (χ2n) is 4.30. The maximum atomic E-state index is 11.1. The van der Waals surface area contributed by atoms with Crippen molar-refractivity contribution in [2.45, 2.75) is 38.7 Å². The first-order valence-electron chi connectivity index (χ1n) is 5.82. The molecule has 1 fully saturated rings. The summed E-state index contributed by atoms with van der Waals surface area (Å²) in [5.41, 5.74) is -0.0793. The number of aromatic nitrogens is 2. The third kappa shape index (κ3) is 3.03. The number of ketones is 1. The Labute approximate surface area is 104 Å². The number of carboxylic acid groups (broad SMARTS) is 1. The predicted molar refractivity (Wildman–Crippen MR) is 61.6 cm³/mol. The second kappa shape index (κ2) is 5.12. The largest absolute Gasteiger partial charge is 0.477 e. The molecule has 1 aliphatic rings. The van der Waals surface area contributed by atoms with Gasteiger partial charge in [-0.25, -0.2) is 9.78 Å². The Kier molecular flexibility index (Phi) is 3.55. The van der Waals surface area contributed by atoms with Crippen molar-refractivity contribution in [2.24, 2.45) is 0 Å². The van der Waals surface area contributed by atoms with E-state index < -0.39 is 5.97 Å². The summed E-state index contributed by atoms with van der Waals surface area (Å²) >= 11 is 0. The molecule has 6 heteroatoms. The van der Waals surface area contributed by atoms with Crippen LogP contribution in [0.1, 0.15) is 42.0 Å². The van der Waals surface area contributed by atoms with E-state index in [0.717, 1.165) is 0 Å². The van der Waals surface area contributed by atoms with E-state index in [9.17, 15) is 9.59 Å². The number of hydrogen-bond acceptors (Lipinski definition) is 5. The molecular weight excluding hydrogens is 236 g/mol. The van der Waals surface area contributed by atoms with E-state index in [0.29, 0.717) is 31.5 Å². The number of Topliss-reactive ketones (excluding diaryl/α,β-unsaturated/α-hetero) is 1. The van der Waals surface area contributed by atoms with Crippen molar-refractivity contribution in [3.8, 4) is 5.88 Å². The maximum absolute atomic E-state index is 11.1. The average molecular weight is 250 g/mol. The number of carboxylic acids is 1. The minimum Gasteiger partial charge on any atom is -0.477 e. The maximum Gasteiger partial charge on any atom is 0.354 e. The molecule has 0 atom stereocenters. The third-order valence-electron chi connectivity index (χ3n) is 2.81. The highest BCUT2D eigenvalue weighted by molar-refractivity contribution is 5.85. The number of rotatable bonds is 3. The molecule has 2 rings (SSSR count). The van der Waals surface area contributed by atoms with E-state index in [-0.39, 0.29) is 23.5 Å². The van der Waals surface area contributed by atoms with Crippen LogP contribution in [0.25, 0.3) is 0 Å². The minimum absolute atomic E-state index is 0.0707. The fourth-order valence-corrected chi connectivity index (χ4v) is 1.91. The van der Waals surface area contributed by atoms with Gasteiger partial charge in [0.1, 0.15) is 17.7 Å². The number of aromatic carboxylic acids is 1. The van der Waals surface area contributed by atoms with Crippen LogP contribution in [-0.2, 0) is 4.79 Å². The topological polar surface area (TPSA) is 89.4 Å². The molecule has 0 radical (unpaired) electrons. The van der Waals surface area contributed by atoms with Gasteiger partial charge >= 0.3 is 5.97 Å². The number of aryl methyl sites for hydroxylation is 1. The summed E-state index contributed by atoms with van der Waals surface area (Å²) in [5.74, 6) is -0.236. The molecule has 0 amide bonds. The van der Waals surface area contributed by atoms with Crippen molar-refractivity contribution >= 4 is 11.8 Å². The van der Waals surface area contributed by atoms with Gasteiger partial charge in [-0.05, 0) is 19.8 Å². The zero-order valence-electron chi connectivity index (χ0n) is 10.0. The van der Waals surface area contributed by atoms with E-state index in [4.69, 9.17) is 9.84 Å². The highest BCUT2D eigenvalue weighted by atomic mass is 16.5. The normalized spacial score (nSPS) is 16.6. The molecule has 0 unspecified atom stereocenters. The summed E-state index contributed by atoms with van der Waals surface area (Å²) in [5, 5.41) is 8.88. The van der Waals surface area contributed by atoms with Gasteiger partial charge in [0.05, 0.1) is 0 Å². The van der Waals surface area contributed by atoms with Gasteiger partial charge in [0, 0.05) is 18.9 Å². The van der Waals surface area contributed by atoms with Gasteiger partial charge in [0.15, 0.2) is 5.69 Å². The smallest absolute Gasteiger partial charge is 0.354 e. The van der Waals surface area contributed by atoms with Crippen LogP contribution in [0.15, 0.2) is 6.07 Å². The van der Waals surface area contributed by atoms with Crippen LogP contribution in [0, 0.1) is 6.92 Å². The van der Waals surface area contributed by atoms with E-state index in [1.54, 1.807) is 6.92 Å². The SMILES string of the molecule is Cc1nc(OC2CCC(=O)CC2)cc(C(=O)O)n1. The molecule has 1 aliphatic carbocycles. The van der Waals surface area contributed by atoms with Gasteiger partial charge < -0.3 is 9.84 Å². The van der Waals surface area contributed by atoms with E-state index in [1.807, 2.05) is 0 Å². The first-order chi connectivity index (χ1) is 8.54. The molecule has 0 saturated heterocycles. The number of carbonyl (C=O) groups excluding carboxylic acids is 1. The lowest BCUT2D eigenvalue weighted by atomic mass is 9.96. The zero-order valence-corrected chi connectivity index (χ0v) is 10.0. The molecule has 0 aromatic carbocycles. The van der Waals surface area contributed by atoms with Crippen molar-refractivity contribution in [1.29, 1.82) is 0 Å². The van der Waals surface area contributed by atoms with Gasteiger partial charge in [-0.15, -0.1) is 0 Å². The standard InChI is InChI=1S/C12H14N2O4/c1-7-13-10(12(16)17)6-11(14-7)18-9-4-2-8(15)3-5-9/h6,9H,2-5H2,1H3,(H,16,17). The van der Waals surface area contributed by atoms with Crippen molar-refractivity contribution in [2.75, 3.05) is 0 Å². The molecule has 96 valence electrons. The molecule has 6 nitrogen and oxygen atoms in total. The monoisotopic (exact) mass is 250 g/mol. The number of nitrogens with zero attached hydrogens (tertiary/aromatic N) is 2. The fraction of sp³-hybridized carbons (Fsp3) is 0.500. The van der Waals surface area contributed by atoms with Crippen LogP contribution in [0.3, 0.4) is 0 Å². The van der Waals surface area contributed by atoms with Crippen LogP contribution < -0.4 is 4.74 Å². The average Bonchev–Trinajstić information content (AvgIpc) is 2.31. The Morgan fingerprint density at radius 3 is 2.67 bits per heavy atom. The van der Waals surface area contributed by atoms with Crippen molar-refractivity contribution < 1.29 is 19.4 Å². The molecule has 1 aromatic rings. The molecule has 18 heavy (non-hydrogen) atoms. The second-order valence-corrected chi connectivity index (χ2v) is 4.30. The van der Waals surface area contributed by atoms with E-state index in [1.165, 1.54) is 6.07 Å². The van der Waals surface area contributed by atoms with Crippen molar-refractivity contribution in [3.63, 3.8) is 0 Å². The highest BCUT2D eigenvalue weighted by Crippen LogP contribution is 2.21. The molecule has 1 heterocycles. The van der Waals surface area contributed by atoms with Crippen LogP contribution >= 0.6 is 0 Å². The summed E-state index contributed by atoms with van der Waals surface area (Å²) in [6, 6.07) is 1.31. The lowest BCUT2D eigenvalue weighted by Gasteiger charge is -2.21. The minimum atomic E-state index is -1.11. The van der Waals surface area contributed by atoms with Crippen LogP contribution in [0.4, 0.5) is 0 Å². The van der Waals surface area contributed by atoms with E-state index >= 15 is 0 Å². The lowest BCUT2D eigenvalue weighted by Crippen LogP contribution is -2.24. The molecule has 1 N–H and O–H groups in total. The Balaban J connectivity index is 2.09. The lowest BCUT2D eigenvalue weighted by molar-refractivity contribution is -0.121. The number of carbonyl (C=O) groups is 2. The summed E-state index contributed by atoms with van der Waals surface area (Å²) in [6.07, 6.45) is 2.27. The number of ether oxygens (including phenoxy) is 1. The summed E-state index contributed by atoms with van der Waals surface area (Å²) in [7, 11) is 0. The highest BCUT2D eigenvalue weighted by Gasteiger charge is 2.21. The molecule has 1 saturated carbocycles. The first-order valence-corrected chi connectivity index (χ1v) is 5.82. The first kappa shape index (κ1) is 12.5. The summed E-state index contributed by atoms with van der Waals surface area (Å²) in [6.45, 7) is 1.61. The Morgan fingerprint density at radius 1 is 1.39 bits per heavy atom. The van der Waals surface area contributed by atoms with Crippen LogP contribution in [0.5, 0.6) is 5.88 Å². The van der Waals surface area contributed by atoms with E-state index in [2.05, 4.69) is 9.97 Å². The van der Waals surface area contributed by atoms with Crippen LogP contribution in [0.2, 0.25) is 0 Å². The summed E-state index contributed by atoms with van der Waals surface area (Å²) < 4.78 is 5.61. The molecule has 0 spiro atoms. The summed E-state index contributed by atoms with van der Waals surface area (Å²) in [4.78, 5) is 29.8. The quantitative estimate of drug-likeness (QED) is 0.871. The fourth-order valence-electron chi connectivity index (χ4n) is 1.91.